The molecule has 0 aliphatic rings. The van der Waals surface area contributed by atoms with Crippen molar-refractivity contribution in [1.29, 1.82) is 0 Å². The maximum atomic E-state index is 13.1. The van der Waals surface area contributed by atoms with E-state index in [1.807, 2.05) is 0 Å². The molecule has 0 aliphatic carbocycles. The Balaban J connectivity index is 2.66. The van der Waals surface area contributed by atoms with Gasteiger partial charge in [0.2, 0.25) is 0 Å². The number of halogens is 2. The molecule has 0 aromatic heterocycles. The molecule has 0 aliphatic heterocycles. The minimum atomic E-state index is -0.961. The summed E-state index contributed by atoms with van der Waals surface area (Å²) in [5.41, 5.74) is 0.188. The predicted octanol–water partition coefficient (Wildman–Crippen LogP) is 2.67. The van der Waals surface area contributed by atoms with Crippen LogP contribution in [0.5, 0.6) is 0 Å². The smallest absolute Gasteiger partial charge is 0.316 e. The molecule has 15 heavy (non-hydrogen) atoms. The summed E-state index contributed by atoms with van der Waals surface area (Å²) in [6, 6.07) is 3.88. The fourth-order valence-corrected chi connectivity index (χ4v) is 1.74. The lowest BCUT2D eigenvalue weighted by molar-refractivity contribution is -0.136. The molecule has 0 fully saturated rings. The summed E-state index contributed by atoms with van der Waals surface area (Å²) >= 11 is 1.05. The zero-order chi connectivity index (χ0) is 11.4. The van der Waals surface area contributed by atoms with Gasteiger partial charge in [-0.15, -0.1) is 11.8 Å². The molecule has 1 N–H and O–H groups in total. The highest BCUT2D eigenvalue weighted by molar-refractivity contribution is 7.99. The highest BCUT2D eigenvalue weighted by Crippen LogP contribution is 2.21. The van der Waals surface area contributed by atoms with Crippen LogP contribution in [0.25, 0.3) is 0 Å². The van der Waals surface area contributed by atoms with E-state index in [4.69, 9.17) is 5.11 Å². The minimum absolute atomic E-state index is 0.150. The number of aliphatic carboxylic acids is 1. The summed E-state index contributed by atoms with van der Waals surface area (Å²) in [5.74, 6) is -2.62. The van der Waals surface area contributed by atoms with Crippen LogP contribution in [0.4, 0.5) is 8.78 Å². The lowest BCUT2D eigenvalue weighted by Gasteiger charge is -2.06. The molecular formula is C10H10F2O2S. The van der Waals surface area contributed by atoms with Gasteiger partial charge >= 0.3 is 5.97 Å². The topological polar surface area (TPSA) is 37.3 Å². The van der Waals surface area contributed by atoms with Crippen LogP contribution in [0.2, 0.25) is 0 Å². The average Bonchev–Trinajstić information content (AvgIpc) is 2.19. The van der Waals surface area contributed by atoms with Crippen LogP contribution >= 0.6 is 11.8 Å². The number of rotatable bonds is 4. The molecule has 1 atom stereocenters. The van der Waals surface area contributed by atoms with Crippen molar-refractivity contribution in [2.45, 2.75) is 17.9 Å². The minimum Gasteiger partial charge on any atom is -0.480 e. The predicted molar refractivity (Wildman–Crippen MR) is 54.8 cm³/mol. The highest BCUT2D eigenvalue weighted by atomic mass is 32.2. The Morgan fingerprint density at radius 2 is 2.20 bits per heavy atom. The molecule has 0 radical (unpaired) electrons. The Labute approximate surface area is 90.3 Å². The normalized spacial score (nSPS) is 12.5. The van der Waals surface area contributed by atoms with Crippen LogP contribution < -0.4 is 0 Å². The number of thioether (sulfide) groups is 1. The fraction of sp³-hybridized carbons (Fsp3) is 0.300. The van der Waals surface area contributed by atoms with Gasteiger partial charge < -0.3 is 5.11 Å². The van der Waals surface area contributed by atoms with Gasteiger partial charge in [0, 0.05) is 11.3 Å². The van der Waals surface area contributed by atoms with Gasteiger partial charge in [-0.3, -0.25) is 4.79 Å². The van der Waals surface area contributed by atoms with Gasteiger partial charge in [0.1, 0.15) is 0 Å². The van der Waals surface area contributed by atoms with Gasteiger partial charge in [-0.2, -0.15) is 0 Å². The summed E-state index contributed by atoms with van der Waals surface area (Å²) < 4.78 is 25.9. The monoisotopic (exact) mass is 232 g/mol. The molecule has 1 aromatic rings. The van der Waals surface area contributed by atoms with Crippen molar-refractivity contribution in [2.75, 3.05) is 0 Å². The third-order valence-corrected chi connectivity index (χ3v) is 3.05. The first-order chi connectivity index (χ1) is 7.02. The number of hydrogen-bond acceptors (Lipinski definition) is 2. The number of carboxylic acids is 1. The summed E-state index contributed by atoms with van der Waals surface area (Å²) in [6.45, 7) is 1.50. The Kier molecular flexibility index (Phi) is 4.08. The molecule has 0 amide bonds. The van der Waals surface area contributed by atoms with Gasteiger partial charge in [-0.25, -0.2) is 8.78 Å². The van der Waals surface area contributed by atoms with Crippen molar-refractivity contribution >= 4 is 17.7 Å². The standard InChI is InChI=1S/C10H10F2O2S/c1-6(10(13)14)15-5-7-3-2-4-8(11)9(7)12/h2-4,6H,5H2,1H3,(H,13,14). The van der Waals surface area contributed by atoms with E-state index in [0.717, 1.165) is 17.8 Å². The number of benzene rings is 1. The van der Waals surface area contributed by atoms with Crippen molar-refractivity contribution in [3.05, 3.63) is 35.4 Å². The van der Waals surface area contributed by atoms with E-state index < -0.39 is 22.9 Å². The first-order valence-corrected chi connectivity index (χ1v) is 5.34. The van der Waals surface area contributed by atoms with Crippen LogP contribution in [0.1, 0.15) is 12.5 Å². The van der Waals surface area contributed by atoms with Crippen molar-refractivity contribution < 1.29 is 18.7 Å². The maximum Gasteiger partial charge on any atom is 0.316 e. The second-order valence-electron chi connectivity index (χ2n) is 3.00. The van der Waals surface area contributed by atoms with Gasteiger partial charge in [0.15, 0.2) is 11.6 Å². The van der Waals surface area contributed by atoms with Crippen molar-refractivity contribution in [2.24, 2.45) is 0 Å². The van der Waals surface area contributed by atoms with E-state index in [1.165, 1.54) is 19.1 Å². The van der Waals surface area contributed by atoms with Crippen LogP contribution in [-0.2, 0) is 10.5 Å². The largest absolute Gasteiger partial charge is 0.480 e. The second kappa shape index (κ2) is 5.11. The molecule has 0 spiro atoms. The third-order valence-electron chi connectivity index (χ3n) is 1.87. The number of carbonyl (C=O) groups is 1. The zero-order valence-corrected chi connectivity index (χ0v) is 8.85. The maximum absolute atomic E-state index is 13.1. The molecule has 0 saturated carbocycles. The summed E-state index contributed by atoms with van der Waals surface area (Å²) in [7, 11) is 0. The summed E-state index contributed by atoms with van der Waals surface area (Å²) in [6.07, 6.45) is 0. The molecule has 0 saturated heterocycles. The van der Waals surface area contributed by atoms with E-state index in [2.05, 4.69) is 0 Å². The van der Waals surface area contributed by atoms with Crippen molar-refractivity contribution in [3.8, 4) is 0 Å². The lowest BCUT2D eigenvalue weighted by atomic mass is 10.2. The fourth-order valence-electron chi connectivity index (χ4n) is 0.946. The zero-order valence-electron chi connectivity index (χ0n) is 8.04. The number of carboxylic acid groups (broad SMARTS) is 1. The lowest BCUT2D eigenvalue weighted by Crippen LogP contribution is -2.11. The van der Waals surface area contributed by atoms with Gasteiger partial charge in [-0.1, -0.05) is 12.1 Å². The van der Waals surface area contributed by atoms with Gasteiger partial charge in [-0.05, 0) is 13.0 Å². The van der Waals surface area contributed by atoms with Crippen molar-refractivity contribution in [3.63, 3.8) is 0 Å². The van der Waals surface area contributed by atoms with Crippen LogP contribution in [0.15, 0.2) is 18.2 Å². The van der Waals surface area contributed by atoms with Crippen molar-refractivity contribution in [1.82, 2.24) is 0 Å². The Morgan fingerprint density at radius 3 is 2.80 bits per heavy atom. The first-order valence-electron chi connectivity index (χ1n) is 4.29. The summed E-state index contributed by atoms with van der Waals surface area (Å²) in [5, 5.41) is 7.96. The van der Waals surface area contributed by atoms with Crippen LogP contribution in [0.3, 0.4) is 0 Å². The van der Waals surface area contributed by atoms with Gasteiger partial charge in [0.05, 0.1) is 5.25 Å². The molecule has 2 nitrogen and oxygen atoms in total. The molecule has 1 unspecified atom stereocenters. The average molecular weight is 232 g/mol. The van der Waals surface area contributed by atoms with E-state index in [-0.39, 0.29) is 11.3 Å². The molecule has 0 bridgehead atoms. The van der Waals surface area contributed by atoms with E-state index >= 15 is 0 Å². The van der Waals surface area contributed by atoms with E-state index in [1.54, 1.807) is 0 Å². The van der Waals surface area contributed by atoms with E-state index in [9.17, 15) is 13.6 Å². The molecule has 5 heteroatoms. The second-order valence-corrected chi connectivity index (χ2v) is 4.33. The Morgan fingerprint density at radius 1 is 1.53 bits per heavy atom. The van der Waals surface area contributed by atoms with Crippen LogP contribution in [-0.4, -0.2) is 16.3 Å². The first kappa shape index (κ1) is 12.0. The SMILES string of the molecule is CC(SCc1cccc(F)c1F)C(=O)O. The third kappa shape index (κ3) is 3.20. The molecule has 1 rings (SSSR count). The van der Waals surface area contributed by atoms with E-state index in [0.29, 0.717) is 0 Å². The van der Waals surface area contributed by atoms with Crippen LogP contribution in [0, 0.1) is 11.6 Å². The highest BCUT2D eigenvalue weighted by Gasteiger charge is 2.13. The quantitative estimate of drug-likeness (QED) is 0.867. The summed E-state index contributed by atoms with van der Waals surface area (Å²) in [4.78, 5) is 10.5. The molecule has 0 heterocycles. The molecule has 82 valence electrons. The Bertz CT molecular complexity index is 368. The molecular weight excluding hydrogens is 222 g/mol. The Hall–Kier alpha value is -1.10. The molecule has 1 aromatic carbocycles. The number of hydrogen-bond donors (Lipinski definition) is 1. The van der Waals surface area contributed by atoms with Gasteiger partial charge in [0.25, 0.3) is 0 Å².